The molecule has 3 N–H and O–H groups in total. The van der Waals surface area contributed by atoms with Crippen molar-refractivity contribution in [3.8, 4) is 0 Å². The van der Waals surface area contributed by atoms with Gasteiger partial charge in [0, 0.05) is 5.69 Å². The third-order valence-corrected chi connectivity index (χ3v) is 5.76. The Labute approximate surface area is 168 Å². The predicted molar refractivity (Wildman–Crippen MR) is 116 cm³/mol. The summed E-state index contributed by atoms with van der Waals surface area (Å²) in [6, 6.07) is 16.6. The molecule has 4 heteroatoms. The number of carbonyl (C=O) groups is 1. The minimum atomic E-state index is -0.0258. The van der Waals surface area contributed by atoms with Gasteiger partial charge >= 0.3 is 0 Å². The van der Waals surface area contributed by atoms with E-state index in [-0.39, 0.29) is 11.9 Å². The van der Waals surface area contributed by atoms with Crippen LogP contribution in [-0.4, -0.2) is 44.7 Å². The van der Waals surface area contributed by atoms with Crippen molar-refractivity contribution in [1.82, 2.24) is 0 Å². The van der Waals surface area contributed by atoms with Crippen LogP contribution < -0.4 is 15.1 Å². The average molecular weight is 380 g/mol. The molecule has 0 bridgehead atoms. The number of rotatable bonds is 6. The van der Waals surface area contributed by atoms with Gasteiger partial charge < -0.3 is 15.1 Å². The Bertz CT molecular complexity index is 808. The van der Waals surface area contributed by atoms with Gasteiger partial charge in [-0.15, -0.1) is 0 Å². The molecule has 0 aromatic heterocycles. The van der Waals surface area contributed by atoms with Gasteiger partial charge in [-0.05, 0) is 44.0 Å². The lowest BCUT2D eigenvalue weighted by atomic mass is 10.1. The molecule has 3 rings (SSSR count). The van der Waals surface area contributed by atoms with Gasteiger partial charge in [0.2, 0.25) is 0 Å². The molecular formula is C24H33N3O+2. The van der Waals surface area contributed by atoms with Gasteiger partial charge in [0.05, 0.1) is 6.54 Å². The summed E-state index contributed by atoms with van der Waals surface area (Å²) >= 11 is 0. The zero-order valence-corrected chi connectivity index (χ0v) is 17.3. The Morgan fingerprint density at radius 1 is 1.07 bits per heavy atom. The maximum absolute atomic E-state index is 12.7. The van der Waals surface area contributed by atoms with E-state index in [2.05, 4.69) is 61.6 Å². The molecule has 0 saturated carbocycles. The standard InChI is InChI=1S/C24H31N3O/c1-19-11-12-23(20(2)18-19)25-24(28)21(3)27-16-14-26(15-17-27)13-7-10-22-8-5-4-6-9-22/h4-12,18,21H,13-17H2,1-3H3,(H,25,28)/p+2/b10-7+/t21-/m0/s1. The summed E-state index contributed by atoms with van der Waals surface area (Å²) in [6.45, 7) is 11.5. The smallest absolute Gasteiger partial charge is 0.282 e. The second kappa shape index (κ2) is 9.67. The fourth-order valence-electron chi connectivity index (χ4n) is 3.87. The number of hydrogen-bond donors (Lipinski definition) is 3. The number of nitrogens with one attached hydrogen (secondary N) is 3. The van der Waals surface area contributed by atoms with Crippen molar-refractivity contribution in [3.63, 3.8) is 0 Å². The molecule has 1 fully saturated rings. The maximum atomic E-state index is 12.7. The Kier molecular flexibility index (Phi) is 7.01. The monoisotopic (exact) mass is 379 g/mol. The zero-order chi connectivity index (χ0) is 19.9. The van der Waals surface area contributed by atoms with Gasteiger partial charge in [0.25, 0.3) is 5.91 Å². The van der Waals surface area contributed by atoms with Crippen LogP contribution in [0.25, 0.3) is 6.08 Å². The lowest BCUT2D eigenvalue weighted by molar-refractivity contribution is -1.02. The number of benzene rings is 2. The minimum Gasteiger partial charge on any atom is -0.322 e. The van der Waals surface area contributed by atoms with Crippen molar-refractivity contribution in [2.24, 2.45) is 0 Å². The maximum Gasteiger partial charge on any atom is 0.282 e. The highest BCUT2D eigenvalue weighted by molar-refractivity contribution is 5.94. The summed E-state index contributed by atoms with van der Waals surface area (Å²) in [5, 5.41) is 3.12. The van der Waals surface area contributed by atoms with Crippen LogP contribution in [0.3, 0.4) is 0 Å². The molecule has 4 nitrogen and oxygen atoms in total. The van der Waals surface area contributed by atoms with Crippen molar-refractivity contribution >= 4 is 17.7 Å². The second-order valence-corrected chi connectivity index (χ2v) is 7.95. The van der Waals surface area contributed by atoms with Crippen LogP contribution in [-0.2, 0) is 4.79 Å². The molecule has 1 aliphatic rings. The van der Waals surface area contributed by atoms with Crippen molar-refractivity contribution < 1.29 is 14.6 Å². The number of aryl methyl sites for hydroxylation is 2. The summed E-state index contributed by atoms with van der Waals surface area (Å²) < 4.78 is 0. The van der Waals surface area contributed by atoms with E-state index in [0.717, 1.165) is 44.0 Å². The average Bonchev–Trinajstić information content (AvgIpc) is 2.71. The van der Waals surface area contributed by atoms with Crippen LogP contribution >= 0.6 is 0 Å². The summed E-state index contributed by atoms with van der Waals surface area (Å²) in [5.41, 5.74) is 4.52. The Hall–Kier alpha value is -2.43. The van der Waals surface area contributed by atoms with Gasteiger partial charge in [-0.1, -0.05) is 54.1 Å². The molecule has 148 valence electrons. The lowest BCUT2D eigenvalue weighted by Crippen LogP contribution is -3.29. The van der Waals surface area contributed by atoms with Crippen LogP contribution in [0.2, 0.25) is 0 Å². The first-order valence-corrected chi connectivity index (χ1v) is 10.3. The summed E-state index contributed by atoms with van der Waals surface area (Å²) in [6.07, 6.45) is 4.47. The van der Waals surface area contributed by atoms with E-state index in [1.165, 1.54) is 16.0 Å². The molecule has 0 spiro atoms. The number of quaternary nitrogens is 2. The predicted octanol–water partition coefficient (Wildman–Crippen LogP) is 1.13. The van der Waals surface area contributed by atoms with Crippen molar-refractivity contribution in [3.05, 3.63) is 71.3 Å². The van der Waals surface area contributed by atoms with Gasteiger partial charge in [0.15, 0.2) is 6.04 Å². The van der Waals surface area contributed by atoms with E-state index < -0.39 is 0 Å². The van der Waals surface area contributed by atoms with Gasteiger partial charge in [-0.25, -0.2) is 0 Å². The molecular weight excluding hydrogens is 346 g/mol. The van der Waals surface area contributed by atoms with Gasteiger partial charge in [-0.2, -0.15) is 0 Å². The first kappa shape index (κ1) is 20.3. The summed E-state index contributed by atoms with van der Waals surface area (Å²) in [4.78, 5) is 15.7. The molecule has 1 heterocycles. The van der Waals surface area contributed by atoms with Crippen molar-refractivity contribution in [2.45, 2.75) is 26.8 Å². The topological polar surface area (TPSA) is 38.0 Å². The first-order chi connectivity index (χ1) is 13.5. The molecule has 0 unspecified atom stereocenters. The van der Waals surface area contributed by atoms with E-state index >= 15 is 0 Å². The van der Waals surface area contributed by atoms with Crippen molar-refractivity contribution in [1.29, 1.82) is 0 Å². The van der Waals surface area contributed by atoms with E-state index in [0.29, 0.717) is 0 Å². The molecule has 28 heavy (non-hydrogen) atoms. The Morgan fingerprint density at radius 3 is 2.46 bits per heavy atom. The Morgan fingerprint density at radius 2 is 1.79 bits per heavy atom. The van der Waals surface area contributed by atoms with Crippen molar-refractivity contribution in [2.75, 3.05) is 38.0 Å². The molecule has 1 atom stereocenters. The second-order valence-electron chi connectivity index (χ2n) is 7.95. The SMILES string of the molecule is Cc1ccc(NC(=O)[C@H](C)[NH+]2CC[NH+](C/C=C/c3ccccc3)CC2)c(C)c1. The molecule has 1 amide bonds. The third-order valence-electron chi connectivity index (χ3n) is 5.76. The quantitative estimate of drug-likeness (QED) is 0.692. The molecule has 2 aromatic carbocycles. The highest BCUT2D eigenvalue weighted by Crippen LogP contribution is 2.15. The molecule has 0 aliphatic carbocycles. The number of anilines is 1. The van der Waals surface area contributed by atoms with E-state index in [9.17, 15) is 4.79 Å². The van der Waals surface area contributed by atoms with Crippen LogP contribution in [0.5, 0.6) is 0 Å². The van der Waals surface area contributed by atoms with E-state index in [4.69, 9.17) is 0 Å². The molecule has 1 saturated heterocycles. The van der Waals surface area contributed by atoms with Crippen LogP contribution in [0.15, 0.2) is 54.6 Å². The largest absolute Gasteiger partial charge is 0.322 e. The zero-order valence-electron chi connectivity index (χ0n) is 17.3. The van der Waals surface area contributed by atoms with Gasteiger partial charge in [-0.3, -0.25) is 4.79 Å². The Balaban J connectivity index is 1.46. The highest BCUT2D eigenvalue weighted by Gasteiger charge is 2.30. The van der Waals surface area contributed by atoms with Crippen LogP contribution in [0.1, 0.15) is 23.6 Å². The summed E-state index contributed by atoms with van der Waals surface area (Å²) in [5.74, 6) is 0.120. The number of hydrogen-bond acceptors (Lipinski definition) is 1. The normalized spacial score (nSPS) is 20.8. The third kappa shape index (κ3) is 5.54. The lowest BCUT2D eigenvalue weighted by Gasteiger charge is -2.32. The fourth-order valence-corrected chi connectivity index (χ4v) is 3.87. The number of piperazine rings is 1. The summed E-state index contributed by atoms with van der Waals surface area (Å²) in [7, 11) is 0. The first-order valence-electron chi connectivity index (χ1n) is 10.3. The van der Waals surface area contributed by atoms with Crippen LogP contribution in [0, 0.1) is 13.8 Å². The molecule has 1 aliphatic heterocycles. The fraction of sp³-hybridized carbons (Fsp3) is 0.375. The van der Waals surface area contributed by atoms with E-state index in [1.54, 1.807) is 4.90 Å². The number of carbonyl (C=O) groups excluding carboxylic acids is 1. The van der Waals surface area contributed by atoms with Gasteiger partial charge in [0.1, 0.15) is 26.2 Å². The number of amides is 1. The van der Waals surface area contributed by atoms with E-state index in [1.807, 2.05) is 25.1 Å². The van der Waals surface area contributed by atoms with Crippen LogP contribution in [0.4, 0.5) is 5.69 Å². The minimum absolute atomic E-state index is 0.0258. The molecule has 2 aromatic rings. The molecule has 0 radical (unpaired) electrons. The highest BCUT2D eigenvalue weighted by atomic mass is 16.2.